The average molecular weight is 403 g/mol. The van der Waals surface area contributed by atoms with Crippen LogP contribution in [0.1, 0.15) is 27.2 Å². The monoisotopic (exact) mass is 403 g/mol. The van der Waals surface area contributed by atoms with Crippen molar-refractivity contribution in [3.63, 3.8) is 0 Å². The molecule has 0 unspecified atom stereocenters. The van der Waals surface area contributed by atoms with Crippen molar-refractivity contribution in [2.45, 2.75) is 20.8 Å². The van der Waals surface area contributed by atoms with E-state index in [-0.39, 0.29) is 0 Å². The van der Waals surface area contributed by atoms with Crippen LogP contribution in [-0.2, 0) is 4.74 Å². The van der Waals surface area contributed by atoms with Gasteiger partial charge in [-0.05, 0) is 50.1 Å². The van der Waals surface area contributed by atoms with E-state index in [1.165, 1.54) is 7.11 Å². The fourth-order valence-electron chi connectivity index (χ4n) is 3.49. The first-order chi connectivity index (χ1) is 14.4. The maximum atomic E-state index is 12.7. The van der Waals surface area contributed by atoms with Gasteiger partial charge in [-0.1, -0.05) is 29.8 Å². The summed E-state index contributed by atoms with van der Waals surface area (Å²) in [7, 11) is 1.33. The number of furan rings is 1. The second kappa shape index (κ2) is 7.55. The zero-order valence-electron chi connectivity index (χ0n) is 17.2. The number of hydrogen-bond acceptors (Lipinski definition) is 6. The number of hydrogen-bond donors (Lipinski definition) is 1. The van der Waals surface area contributed by atoms with E-state index < -0.39 is 11.6 Å². The van der Waals surface area contributed by atoms with Crippen LogP contribution in [0.3, 0.4) is 0 Å². The highest BCUT2D eigenvalue weighted by atomic mass is 16.5. The van der Waals surface area contributed by atoms with E-state index in [1.54, 1.807) is 37.3 Å². The van der Waals surface area contributed by atoms with Crippen LogP contribution in [0, 0.1) is 20.8 Å². The molecule has 0 saturated heterocycles. The molecule has 0 saturated carbocycles. The van der Waals surface area contributed by atoms with E-state index in [4.69, 9.17) is 13.6 Å². The molecular formula is C24H21NO5. The molecule has 0 radical (unpaired) electrons. The number of rotatable bonds is 4. The van der Waals surface area contributed by atoms with Gasteiger partial charge in [0.2, 0.25) is 5.88 Å². The number of ether oxygens (including phenoxy) is 1. The smallest absolute Gasteiger partial charge is 0.347 e. The predicted molar refractivity (Wildman–Crippen MR) is 115 cm³/mol. The third kappa shape index (κ3) is 3.48. The van der Waals surface area contributed by atoms with Crippen LogP contribution in [0.2, 0.25) is 0 Å². The second-order valence-electron chi connectivity index (χ2n) is 7.20. The molecule has 0 atom stereocenters. The first-order valence-corrected chi connectivity index (χ1v) is 9.47. The number of fused-ring (bicyclic) bond motifs is 1. The van der Waals surface area contributed by atoms with Gasteiger partial charge in [0, 0.05) is 11.8 Å². The zero-order valence-corrected chi connectivity index (χ0v) is 17.2. The Morgan fingerprint density at radius 1 is 0.967 bits per heavy atom. The third-order valence-corrected chi connectivity index (χ3v) is 4.95. The van der Waals surface area contributed by atoms with Gasteiger partial charge in [-0.25, -0.2) is 9.59 Å². The van der Waals surface area contributed by atoms with Gasteiger partial charge in [-0.3, -0.25) is 0 Å². The SMILES string of the molecule is COC(=O)c1ccc(-c2c(Nc3ccc(C)cc3C)oc3cc(C)oc(=O)c23)cc1. The van der Waals surface area contributed by atoms with Crippen LogP contribution >= 0.6 is 0 Å². The summed E-state index contributed by atoms with van der Waals surface area (Å²) >= 11 is 0. The molecule has 4 rings (SSSR count). The maximum absolute atomic E-state index is 12.7. The summed E-state index contributed by atoms with van der Waals surface area (Å²) in [5, 5.41) is 3.66. The minimum atomic E-state index is -0.477. The Morgan fingerprint density at radius 2 is 1.70 bits per heavy atom. The minimum absolute atomic E-state index is 0.346. The summed E-state index contributed by atoms with van der Waals surface area (Å²) in [5.74, 6) is 0.468. The largest absolute Gasteiger partial charge is 0.465 e. The number of methoxy groups -OCH3 is 1. The lowest BCUT2D eigenvalue weighted by Crippen LogP contribution is -2.02. The highest BCUT2D eigenvalue weighted by Gasteiger charge is 2.21. The standard InChI is InChI=1S/C24H21NO5/c1-13-5-10-18(14(2)11-13)25-22-20(16-6-8-17(9-7-16)23(26)28-4)21-19(30-22)12-15(3)29-24(21)27/h5-12,25H,1-4H3. The number of carbonyl (C=O) groups excluding carboxylic acids is 1. The van der Waals surface area contributed by atoms with Crippen molar-refractivity contribution in [1.29, 1.82) is 0 Å². The molecule has 152 valence electrons. The molecule has 0 amide bonds. The van der Waals surface area contributed by atoms with Gasteiger partial charge >= 0.3 is 11.6 Å². The number of benzene rings is 2. The molecule has 2 aromatic carbocycles. The lowest BCUT2D eigenvalue weighted by molar-refractivity contribution is 0.0600. The quantitative estimate of drug-likeness (QED) is 0.453. The van der Waals surface area contributed by atoms with Crippen LogP contribution in [0.15, 0.2) is 62.2 Å². The summed E-state index contributed by atoms with van der Waals surface area (Å²) < 4.78 is 16.1. The summed E-state index contributed by atoms with van der Waals surface area (Å²) in [5.41, 5.74) is 4.73. The molecule has 6 nitrogen and oxygen atoms in total. The second-order valence-corrected chi connectivity index (χ2v) is 7.20. The van der Waals surface area contributed by atoms with E-state index in [0.717, 1.165) is 16.8 Å². The van der Waals surface area contributed by atoms with Crippen molar-refractivity contribution < 1.29 is 18.4 Å². The van der Waals surface area contributed by atoms with Crippen LogP contribution in [0.25, 0.3) is 22.1 Å². The van der Waals surface area contributed by atoms with E-state index in [1.807, 2.05) is 26.0 Å². The third-order valence-electron chi connectivity index (χ3n) is 4.95. The predicted octanol–water partition coefficient (Wildman–Crippen LogP) is 5.51. The van der Waals surface area contributed by atoms with Crippen molar-refractivity contribution in [3.05, 3.63) is 81.4 Å². The summed E-state index contributed by atoms with van der Waals surface area (Å²) in [6.07, 6.45) is 0. The summed E-state index contributed by atoms with van der Waals surface area (Å²) in [6, 6.07) is 14.5. The lowest BCUT2D eigenvalue weighted by atomic mass is 10.0. The average Bonchev–Trinajstić information content (AvgIpc) is 3.07. The van der Waals surface area contributed by atoms with E-state index in [2.05, 4.69) is 11.4 Å². The lowest BCUT2D eigenvalue weighted by Gasteiger charge is -2.10. The van der Waals surface area contributed by atoms with Crippen molar-refractivity contribution in [2.75, 3.05) is 12.4 Å². The number of esters is 1. The molecular weight excluding hydrogens is 382 g/mol. The molecule has 1 N–H and O–H groups in total. The fourth-order valence-corrected chi connectivity index (χ4v) is 3.49. The van der Waals surface area contributed by atoms with Crippen LogP contribution < -0.4 is 10.9 Å². The maximum Gasteiger partial charge on any atom is 0.347 e. The van der Waals surface area contributed by atoms with Crippen molar-refractivity contribution in [1.82, 2.24) is 0 Å². The number of nitrogens with one attached hydrogen (secondary N) is 1. The molecule has 0 aliphatic rings. The molecule has 0 aliphatic carbocycles. The van der Waals surface area contributed by atoms with Crippen molar-refractivity contribution in [2.24, 2.45) is 0 Å². The van der Waals surface area contributed by atoms with Gasteiger partial charge < -0.3 is 18.9 Å². The van der Waals surface area contributed by atoms with Gasteiger partial charge in [-0.15, -0.1) is 0 Å². The Bertz CT molecular complexity index is 1310. The fraction of sp³-hybridized carbons (Fsp3) is 0.167. The number of aryl methyl sites for hydroxylation is 3. The van der Waals surface area contributed by atoms with Gasteiger partial charge in [-0.2, -0.15) is 0 Å². The molecule has 4 aromatic rings. The molecule has 0 aliphatic heterocycles. The van der Waals surface area contributed by atoms with Gasteiger partial charge in [0.15, 0.2) is 0 Å². The van der Waals surface area contributed by atoms with Crippen molar-refractivity contribution >= 4 is 28.5 Å². The first-order valence-electron chi connectivity index (χ1n) is 9.47. The first kappa shape index (κ1) is 19.5. The van der Waals surface area contributed by atoms with Crippen LogP contribution in [-0.4, -0.2) is 13.1 Å². The topological polar surface area (TPSA) is 81.7 Å². The normalized spacial score (nSPS) is 10.9. The van der Waals surface area contributed by atoms with E-state index >= 15 is 0 Å². The van der Waals surface area contributed by atoms with E-state index in [0.29, 0.717) is 39.3 Å². The Labute approximate surface area is 173 Å². The molecule has 30 heavy (non-hydrogen) atoms. The Morgan fingerprint density at radius 3 is 2.37 bits per heavy atom. The molecule has 0 spiro atoms. The Kier molecular flexibility index (Phi) is 4.91. The zero-order chi connectivity index (χ0) is 21.4. The minimum Gasteiger partial charge on any atom is -0.465 e. The molecule has 6 heteroatoms. The molecule has 0 bridgehead atoms. The van der Waals surface area contributed by atoms with Crippen molar-refractivity contribution in [3.8, 4) is 11.1 Å². The van der Waals surface area contributed by atoms with E-state index in [9.17, 15) is 9.59 Å². The highest BCUT2D eigenvalue weighted by molar-refractivity contribution is 6.01. The van der Waals surface area contributed by atoms with Gasteiger partial charge in [0.25, 0.3) is 0 Å². The van der Waals surface area contributed by atoms with Gasteiger partial charge in [0.1, 0.15) is 16.7 Å². The Hall–Kier alpha value is -3.80. The number of carbonyl (C=O) groups is 1. The Balaban J connectivity index is 1.91. The molecule has 2 heterocycles. The molecule has 0 fully saturated rings. The highest BCUT2D eigenvalue weighted by Crippen LogP contribution is 2.39. The van der Waals surface area contributed by atoms with Crippen LogP contribution in [0.5, 0.6) is 0 Å². The molecule has 2 aromatic heterocycles. The summed E-state index contributed by atoms with van der Waals surface area (Å²) in [4.78, 5) is 24.4. The van der Waals surface area contributed by atoms with Gasteiger partial charge in [0.05, 0.1) is 18.2 Å². The van der Waals surface area contributed by atoms with Crippen LogP contribution in [0.4, 0.5) is 11.6 Å². The summed E-state index contributed by atoms with van der Waals surface area (Å²) in [6.45, 7) is 5.73. The number of anilines is 2.